The highest BCUT2D eigenvalue weighted by Crippen LogP contribution is 2.35. The topological polar surface area (TPSA) is 129 Å². The molecule has 1 unspecified atom stereocenters. The van der Waals surface area contributed by atoms with Crippen molar-refractivity contribution in [3.8, 4) is 11.5 Å². The van der Waals surface area contributed by atoms with E-state index < -0.39 is 35.5 Å². The minimum Gasteiger partial charge on any atom is -0.490 e. The van der Waals surface area contributed by atoms with Gasteiger partial charge in [-0.2, -0.15) is 0 Å². The average molecular weight is 650 g/mol. The lowest BCUT2D eigenvalue weighted by atomic mass is 9.86. The standard InChI is InChI=1S/C34H40FN5O7/c1-37(2)13-14-39(19-21-9-11-38(12-10-21)29-6-4-23(46-20-41)18-28(29)35)22-15-25(16-22)47-24-3-5-26-27(17-24)34(45)40(33(26)44)30-7-8-31(42)36-32(30)43/h3-6,17-18,20-22,25,30H,7-16,19H2,1-2H3,(H,36,42,43). The first-order valence-electron chi connectivity index (χ1n) is 16.2. The molecule has 1 N–H and O–H groups in total. The number of carbonyl (C=O) groups excluding carboxylic acids is 5. The van der Waals surface area contributed by atoms with Gasteiger partial charge in [0.1, 0.15) is 29.5 Å². The van der Waals surface area contributed by atoms with Crippen LogP contribution in [0.25, 0.3) is 0 Å². The Bertz CT molecular complexity index is 1550. The molecule has 2 aromatic rings. The van der Waals surface area contributed by atoms with Crippen LogP contribution in [0.5, 0.6) is 11.5 Å². The second-order valence-electron chi connectivity index (χ2n) is 13.1. The van der Waals surface area contributed by atoms with Gasteiger partial charge in [0.2, 0.25) is 11.8 Å². The third-order valence-electron chi connectivity index (χ3n) is 9.69. The van der Waals surface area contributed by atoms with Crippen LogP contribution in [0.4, 0.5) is 10.1 Å². The Morgan fingerprint density at radius 2 is 1.66 bits per heavy atom. The van der Waals surface area contributed by atoms with E-state index in [-0.39, 0.29) is 42.3 Å². The summed E-state index contributed by atoms with van der Waals surface area (Å²) in [6.45, 7) is 4.56. The first-order chi connectivity index (χ1) is 22.6. The highest BCUT2D eigenvalue weighted by atomic mass is 19.1. The number of likely N-dealkylation sites (N-methyl/N-ethyl adjacent to an activating group) is 1. The van der Waals surface area contributed by atoms with Gasteiger partial charge in [-0.3, -0.25) is 39.1 Å². The zero-order valence-electron chi connectivity index (χ0n) is 26.7. The predicted molar refractivity (Wildman–Crippen MR) is 169 cm³/mol. The summed E-state index contributed by atoms with van der Waals surface area (Å²) in [7, 11) is 4.12. The van der Waals surface area contributed by atoms with Crippen molar-refractivity contribution in [1.82, 2.24) is 20.0 Å². The van der Waals surface area contributed by atoms with Crippen LogP contribution in [0.15, 0.2) is 36.4 Å². The predicted octanol–water partition coefficient (Wildman–Crippen LogP) is 2.45. The van der Waals surface area contributed by atoms with Crippen LogP contribution in [-0.2, 0) is 14.4 Å². The number of fused-ring (bicyclic) bond motifs is 1. The van der Waals surface area contributed by atoms with Gasteiger partial charge in [0.05, 0.1) is 16.8 Å². The molecule has 4 amide bonds. The number of nitrogens with one attached hydrogen (secondary N) is 1. The fourth-order valence-electron chi connectivity index (χ4n) is 6.96. The Kier molecular flexibility index (Phi) is 9.55. The van der Waals surface area contributed by atoms with Crippen molar-refractivity contribution in [1.29, 1.82) is 0 Å². The summed E-state index contributed by atoms with van der Waals surface area (Å²) in [4.78, 5) is 68.4. The van der Waals surface area contributed by atoms with E-state index in [1.165, 1.54) is 6.07 Å². The van der Waals surface area contributed by atoms with Gasteiger partial charge in [-0.25, -0.2) is 4.39 Å². The summed E-state index contributed by atoms with van der Waals surface area (Å²) in [5, 5.41) is 2.21. The molecule has 6 rings (SSSR count). The minimum absolute atomic E-state index is 0.0330. The van der Waals surface area contributed by atoms with Crippen molar-refractivity contribution in [3.63, 3.8) is 0 Å². The maximum atomic E-state index is 14.7. The van der Waals surface area contributed by atoms with Crippen molar-refractivity contribution in [2.24, 2.45) is 5.92 Å². The van der Waals surface area contributed by atoms with E-state index >= 15 is 0 Å². The number of nitrogens with zero attached hydrogens (tertiary/aromatic N) is 4. The number of amides is 4. The molecule has 0 spiro atoms. The van der Waals surface area contributed by atoms with Gasteiger partial charge < -0.3 is 19.3 Å². The van der Waals surface area contributed by atoms with Gasteiger partial charge >= 0.3 is 0 Å². The largest absolute Gasteiger partial charge is 0.490 e. The molecule has 1 atom stereocenters. The van der Waals surface area contributed by atoms with E-state index in [1.54, 1.807) is 30.3 Å². The highest BCUT2D eigenvalue weighted by molar-refractivity contribution is 6.23. The van der Waals surface area contributed by atoms with Gasteiger partial charge in [-0.05, 0) is 69.6 Å². The molecular formula is C34H40FN5O7. The van der Waals surface area contributed by atoms with Crippen LogP contribution in [0.1, 0.15) is 59.2 Å². The smallest absolute Gasteiger partial charge is 0.298 e. The minimum atomic E-state index is -1.01. The van der Waals surface area contributed by atoms with E-state index in [4.69, 9.17) is 9.47 Å². The molecule has 13 heteroatoms. The molecule has 3 aliphatic heterocycles. The zero-order valence-corrected chi connectivity index (χ0v) is 26.7. The van der Waals surface area contributed by atoms with Gasteiger partial charge in [0.15, 0.2) is 0 Å². The Morgan fingerprint density at radius 1 is 0.936 bits per heavy atom. The lowest BCUT2D eigenvalue weighted by Gasteiger charge is -2.45. The second-order valence-corrected chi connectivity index (χ2v) is 13.1. The van der Waals surface area contributed by atoms with Gasteiger partial charge in [-0.15, -0.1) is 0 Å². The molecule has 4 aliphatic rings. The molecule has 0 bridgehead atoms. The summed E-state index contributed by atoms with van der Waals surface area (Å²) in [5.41, 5.74) is 0.953. The summed E-state index contributed by atoms with van der Waals surface area (Å²) in [6.07, 6.45) is 3.69. The first-order valence-corrected chi connectivity index (χ1v) is 16.2. The molecule has 3 fully saturated rings. The number of benzene rings is 2. The lowest BCUT2D eigenvalue weighted by Crippen LogP contribution is -2.54. The highest BCUT2D eigenvalue weighted by Gasteiger charge is 2.45. The van der Waals surface area contributed by atoms with Crippen LogP contribution in [0, 0.1) is 11.7 Å². The van der Waals surface area contributed by atoms with Crippen molar-refractivity contribution in [2.45, 2.75) is 56.7 Å². The van der Waals surface area contributed by atoms with Crippen LogP contribution in [0.3, 0.4) is 0 Å². The van der Waals surface area contributed by atoms with Crippen molar-refractivity contribution in [3.05, 3.63) is 53.3 Å². The number of hydrogen-bond acceptors (Lipinski definition) is 10. The molecule has 2 saturated heterocycles. The van der Waals surface area contributed by atoms with Gasteiger partial charge in [0, 0.05) is 64.1 Å². The normalized spacial score (nSPS) is 23.2. The molecule has 47 heavy (non-hydrogen) atoms. The van der Waals surface area contributed by atoms with Crippen LogP contribution in [-0.4, -0.2) is 110 Å². The van der Waals surface area contributed by atoms with E-state index in [0.717, 1.165) is 63.3 Å². The number of hydrogen-bond donors (Lipinski definition) is 1. The van der Waals surface area contributed by atoms with Crippen LogP contribution < -0.4 is 19.7 Å². The van der Waals surface area contributed by atoms with E-state index in [2.05, 4.69) is 29.2 Å². The molecule has 12 nitrogen and oxygen atoms in total. The molecule has 250 valence electrons. The lowest BCUT2D eigenvalue weighted by molar-refractivity contribution is -0.136. The number of anilines is 1. The van der Waals surface area contributed by atoms with E-state index in [0.29, 0.717) is 23.4 Å². The SMILES string of the molecule is CN(C)CCN(CC1CCN(c2ccc(OC=O)cc2F)CC1)C1CC(Oc2ccc3c(c2)C(=O)N(C2CCC(=O)NC2=O)C3=O)C1. The molecular weight excluding hydrogens is 609 g/mol. The van der Waals surface area contributed by atoms with E-state index in [9.17, 15) is 28.4 Å². The molecule has 1 aliphatic carbocycles. The van der Waals surface area contributed by atoms with Crippen LogP contribution >= 0.6 is 0 Å². The molecule has 0 radical (unpaired) electrons. The Morgan fingerprint density at radius 3 is 2.34 bits per heavy atom. The summed E-state index contributed by atoms with van der Waals surface area (Å²) in [6, 6.07) is 8.69. The third-order valence-corrected chi connectivity index (χ3v) is 9.69. The Labute approximate surface area is 272 Å². The fraction of sp³-hybridized carbons (Fsp3) is 0.500. The van der Waals surface area contributed by atoms with E-state index in [1.807, 2.05) is 4.90 Å². The summed E-state index contributed by atoms with van der Waals surface area (Å²) >= 11 is 0. The number of piperidine rings is 2. The molecule has 2 aromatic carbocycles. The number of ether oxygens (including phenoxy) is 2. The Hall–Kier alpha value is -4.36. The third kappa shape index (κ3) is 7.01. The molecule has 0 aromatic heterocycles. The monoisotopic (exact) mass is 649 g/mol. The number of imide groups is 2. The number of carbonyl (C=O) groups is 5. The summed E-state index contributed by atoms with van der Waals surface area (Å²) < 4.78 is 25.7. The van der Waals surface area contributed by atoms with Gasteiger partial charge in [0.25, 0.3) is 18.3 Å². The Balaban J connectivity index is 1.03. The van der Waals surface area contributed by atoms with Crippen molar-refractivity contribution in [2.75, 3.05) is 51.7 Å². The fourth-order valence-corrected chi connectivity index (χ4v) is 6.96. The van der Waals surface area contributed by atoms with Crippen molar-refractivity contribution >= 4 is 35.8 Å². The maximum absolute atomic E-state index is 14.7. The average Bonchev–Trinajstić information content (AvgIpc) is 3.26. The van der Waals surface area contributed by atoms with Crippen LogP contribution in [0.2, 0.25) is 0 Å². The zero-order chi connectivity index (χ0) is 33.2. The quantitative estimate of drug-likeness (QED) is 0.271. The molecule has 1 saturated carbocycles. The maximum Gasteiger partial charge on any atom is 0.298 e. The number of halogens is 1. The summed E-state index contributed by atoms with van der Waals surface area (Å²) in [5.74, 6) is -1.37. The molecule has 3 heterocycles. The first kappa shape index (κ1) is 32.6. The number of rotatable bonds is 12. The van der Waals surface area contributed by atoms with Gasteiger partial charge in [-0.1, -0.05) is 0 Å². The second kappa shape index (κ2) is 13.8. The van der Waals surface area contributed by atoms with Crippen molar-refractivity contribution < 1.29 is 37.8 Å².